The van der Waals surface area contributed by atoms with E-state index in [9.17, 15) is 4.79 Å². The smallest absolute Gasteiger partial charge is 0.220 e. The number of carbonyl (C=O) groups is 1. The van der Waals surface area contributed by atoms with Crippen LogP contribution in [0.2, 0.25) is 5.02 Å². The molecule has 1 amide bonds. The quantitative estimate of drug-likeness (QED) is 0.404. The molecule has 0 spiro atoms. The first-order chi connectivity index (χ1) is 15.6. The Morgan fingerprint density at radius 3 is 2.69 bits per heavy atom. The van der Waals surface area contributed by atoms with E-state index in [0.29, 0.717) is 41.8 Å². The number of carbonyl (C=O) groups excluding carboxylic acids is 1. The third kappa shape index (κ3) is 5.53. The van der Waals surface area contributed by atoms with Crippen molar-refractivity contribution in [2.75, 3.05) is 12.4 Å². The molecule has 0 radical (unpaired) electrons. The Labute approximate surface area is 190 Å². The van der Waals surface area contributed by atoms with Gasteiger partial charge in [0.15, 0.2) is 11.5 Å². The lowest BCUT2D eigenvalue weighted by Crippen LogP contribution is -2.23. The Balaban J connectivity index is 1.33. The molecule has 0 unspecified atom stereocenters. The van der Waals surface area contributed by atoms with Gasteiger partial charge in [-0.05, 0) is 47.5 Å². The summed E-state index contributed by atoms with van der Waals surface area (Å²) in [5, 5.41) is 19.8. The second-order valence-corrected chi connectivity index (χ2v) is 7.65. The van der Waals surface area contributed by atoms with Crippen molar-refractivity contribution in [2.24, 2.45) is 0 Å². The fourth-order valence-corrected chi connectivity index (χ4v) is 3.30. The first-order valence-electron chi connectivity index (χ1n) is 10.2. The SMILES string of the molecule is COc1cccc(CNC(=O)CCc2nnc3ccc(NCc4ccc(Cl)cc4)nn23)c1. The standard InChI is InChI=1S/C23H23ClN6O2/c1-32-19-4-2-3-17(13-19)15-26-23(31)12-11-22-28-27-21-10-9-20(29-30(21)22)25-14-16-5-7-18(24)8-6-16/h2-10,13H,11-12,14-15H2,1H3,(H,25,29)(H,26,31). The number of amides is 1. The van der Waals surface area contributed by atoms with Crippen LogP contribution < -0.4 is 15.4 Å². The van der Waals surface area contributed by atoms with E-state index in [2.05, 4.69) is 25.9 Å². The zero-order valence-electron chi connectivity index (χ0n) is 17.6. The number of aromatic nitrogens is 4. The highest BCUT2D eigenvalue weighted by atomic mass is 35.5. The van der Waals surface area contributed by atoms with Gasteiger partial charge in [-0.3, -0.25) is 4.79 Å². The van der Waals surface area contributed by atoms with Gasteiger partial charge in [0.2, 0.25) is 5.91 Å². The molecule has 0 saturated carbocycles. The highest BCUT2D eigenvalue weighted by Crippen LogP contribution is 2.14. The molecule has 8 nitrogen and oxygen atoms in total. The van der Waals surface area contributed by atoms with Crippen molar-refractivity contribution in [3.05, 3.63) is 82.6 Å². The highest BCUT2D eigenvalue weighted by Gasteiger charge is 2.10. The van der Waals surface area contributed by atoms with E-state index in [4.69, 9.17) is 16.3 Å². The third-order valence-electron chi connectivity index (χ3n) is 4.91. The summed E-state index contributed by atoms with van der Waals surface area (Å²) < 4.78 is 6.87. The molecule has 2 N–H and O–H groups in total. The van der Waals surface area contributed by atoms with Crippen LogP contribution in [0, 0.1) is 0 Å². The first kappa shape index (κ1) is 21.6. The van der Waals surface area contributed by atoms with Crippen LogP contribution in [0.15, 0.2) is 60.7 Å². The van der Waals surface area contributed by atoms with Gasteiger partial charge in [0.05, 0.1) is 7.11 Å². The number of hydrogen-bond donors (Lipinski definition) is 2. The molecule has 4 aromatic rings. The van der Waals surface area contributed by atoms with Crippen molar-refractivity contribution in [1.29, 1.82) is 0 Å². The maximum atomic E-state index is 12.3. The number of nitrogens with one attached hydrogen (secondary N) is 2. The van der Waals surface area contributed by atoms with E-state index in [1.165, 1.54) is 0 Å². The fraction of sp³-hybridized carbons (Fsp3) is 0.217. The number of anilines is 1. The summed E-state index contributed by atoms with van der Waals surface area (Å²) >= 11 is 5.93. The summed E-state index contributed by atoms with van der Waals surface area (Å²) in [7, 11) is 1.62. The van der Waals surface area contributed by atoms with Crippen molar-refractivity contribution in [3.8, 4) is 5.75 Å². The Bertz CT molecular complexity index is 1210. The summed E-state index contributed by atoms with van der Waals surface area (Å²) in [6.45, 7) is 1.05. The lowest BCUT2D eigenvalue weighted by Gasteiger charge is -2.08. The molecule has 2 heterocycles. The molecule has 0 fully saturated rings. The molecule has 0 aliphatic heterocycles. The second-order valence-electron chi connectivity index (χ2n) is 7.21. The Morgan fingerprint density at radius 1 is 1.03 bits per heavy atom. The topological polar surface area (TPSA) is 93.4 Å². The van der Waals surface area contributed by atoms with Gasteiger partial charge < -0.3 is 15.4 Å². The third-order valence-corrected chi connectivity index (χ3v) is 5.17. The largest absolute Gasteiger partial charge is 0.497 e. The van der Waals surface area contributed by atoms with Gasteiger partial charge in [-0.15, -0.1) is 15.3 Å². The molecule has 9 heteroatoms. The van der Waals surface area contributed by atoms with Crippen LogP contribution in [0.5, 0.6) is 5.75 Å². The van der Waals surface area contributed by atoms with Gasteiger partial charge >= 0.3 is 0 Å². The molecule has 0 atom stereocenters. The van der Waals surface area contributed by atoms with E-state index in [0.717, 1.165) is 16.9 Å². The summed E-state index contributed by atoms with van der Waals surface area (Å²) in [6.07, 6.45) is 0.716. The number of nitrogens with zero attached hydrogens (tertiary/aromatic N) is 4. The van der Waals surface area contributed by atoms with Crippen LogP contribution >= 0.6 is 11.6 Å². The number of fused-ring (bicyclic) bond motifs is 1. The molecule has 0 bridgehead atoms. The average Bonchev–Trinajstić information content (AvgIpc) is 3.23. The number of halogens is 1. The van der Waals surface area contributed by atoms with Gasteiger partial charge in [-0.1, -0.05) is 35.9 Å². The van der Waals surface area contributed by atoms with E-state index in [-0.39, 0.29) is 12.3 Å². The van der Waals surface area contributed by atoms with Crippen LogP contribution in [-0.4, -0.2) is 32.8 Å². The van der Waals surface area contributed by atoms with Crippen molar-refractivity contribution in [2.45, 2.75) is 25.9 Å². The van der Waals surface area contributed by atoms with E-state index in [1.807, 2.05) is 60.7 Å². The Kier molecular flexibility index (Phi) is 6.81. The van der Waals surface area contributed by atoms with Crippen molar-refractivity contribution in [1.82, 2.24) is 25.1 Å². The molecule has 0 aliphatic carbocycles. The van der Waals surface area contributed by atoms with Gasteiger partial charge in [0.1, 0.15) is 11.6 Å². The maximum absolute atomic E-state index is 12.3. The number of benzene rings is 2. The normalized spacial score (nSPS) is 10.8. The average molecular weight is 451 g/mol. The fourth-order valence-electron chi connectivity index (χ4n) is 3.18. The van der Waals surface area contributed by atoms with Gasteiger partial charge in [-0.2, -0.15) is 4.52 Å². The van der Waals surface area contributed by atoms with Crippen LogP contribution in [0.4, 0.5) is 5.82 Å². The number of rotatable bonds is 9. The van der Waals surface area contributed by atoms with Crippen LogP contribution in [-0.2, 0) is 24.3 Å². The Morgan fingerprint density at radius 2 is 1.88 bits per heavy atom. The molecular formula is C23H23ClN6O2. The molecule has 32 heavy (non-hydrogen) atoms. The number of ether oxygens (including phenoxy) is 1. The van der Waals surface area contributed by atoms with Crippen LogP contribution in [0.25, 0.3) is 5.65 Å². The zero-order chi connectivity index (χ0) is 22.3. The van der Waals surface area contributed by atoms with E-state index >= 15 is 0 Å². The predicted molar refractivity (Wildman–Crippen MR) is 123 cm³/mol. The molecule has 0 aliphatic rings. The molecule has 2 aromatic carbocycles. The van der Waals surface area contributed by atoms with Crippen molar-refractivity contribution >= 4 is 29.0 Å². The van der Waals surface area contributed by atoms with Crippen molar-refractivity contribution in [3.63, 3.8) is 0 Å². The van der Waals surface area contributed by atoms with Gasteiger partial charge in [0.25, 0.3) is 0 Å². The summed E-state index contributed by atoms with van der Waals surface area (Å²) in [6, 6.07) is 18.9. The minimum atomic E-state index is -0.0680. The lowest BCUT2D eigenvalue weighted by molar-refractivity contribution is -0.121. The predicted octanol–water partition coefficient (Wildman–Crippen LogP) is 3.65. The van der Waals surface area contributed by atoms with Crippen LogP contribution in [0.1, 0.15) is 23.4 Å². The zero-order valence-corrected chi connectivity index (χ0v) is 18.3. The molecule has 4 rings (SSSR count). The maximum Gasteiger partial charge on any atom is 0.220 e. The lowest BCUT2D eigenvalue weighted by atomic mass is 10.2. The molecular weight excluding hydrogens is 428 g/mol. The monoisotopic (exact) mass is 450 g/mol. The summed E-state index contributed by atoms with van der Waals surface area (Å²) in [4.78, 5) is 12.3. The van der Waals surface area contributed by atoms with E-state index in [1.54, 1.807) is 11.6 Å². The molecule has 164 valence electrons. The Hall–Kier alpha value is -3.65. The highest BCUT2D eigenvalue weighted by molar-refractivity contribution is 6.30. The summed E-state index contributed by atoms with van der Waals surface area (Å²) in [5.74, 6) is 2.02. The summed E-state index contributed by atoms with van der Waals surface area (Å²) in [5.41, 5.74) is 2.70. The minimum absolute atomic E-state index is 0.0680. The second kappa shape index (κ2) is 10.1. The first-order valence-corrected chi connectivity index (χ1v) is 10.6. The van der Waals surface area contributed by atoms with E-state index < -0.39 is 0 Å². The number of aryl methyl sites for hydroxylation is 1. The van der Waals surface area contributed by atoms with Crippen LogP contribution in [0.3, 0.4) is 0 Å². The van der Waals surface area contributed by atoms with Gasteiger partial charge in [0, 0.05) is 31.0 Å². The van der Waals surface area contributed by atoms with Crippen molar-refractivity contribution < 1.29 is 9.53 Å². The molecule has 0 saturated heterocycles. The number of hydrogen-bond acceptors (Lipinski definition) is 6. The number of methoxy groups -OCH3 is 1. The van der Waals surface area contributed by atoms with Gasteiger partial charge in [-0.25, -0.2) is 0 Å². The minimum Gasteiger partial charge on any atom is -0.497 e. The molecule has 2 aromatic heterocycles.